The van der Waals surface area contributed by atoms with Gasteiger partial charge >= 0.3 is 0 Å². The van der Waals surface area contributed by atoms with E-state index in [1.807, 2.05) is 24.3 Å². The standard InChI is InChI=1S/C10H13BrO3S/c1-8(7-15(12,13)14)6-9-2-4-10(11)5-3-9/h2-5,8H,6-7H2,1H3,(H,12,13,14). The van der Waals surface area contributed by atoms with Crippen LogP contribution >= 0.6 is 15.9 Å². The number of hydrogen-bond donors (Lipinski definition) is 1. The zero-order chi connectivity index (χ0) is 11.5. The van der Waals surface area contributed by atoms with E-state index in [9.17, 15) is 8.42 Å². The van der Waals surface area contributed by atoms with E-state index >= 15 is 0 Å². The van der Waals surface area contributed by atoms with Crippen molar-refractivity contribution in [3.05, 3.63) is 34.3 Å². The van der Waals surface area contributed by atoms with Crippen LogP contribution in [0.1, 0.15) is 12.5 Å². The second-order valence-electron chi connectivity index (χ2n) is 3.68. The molecule has 3 nitrogen and oxygen atoms in total. The first-order chi connectivity index (χ1) is 6.87. The molecule has 0 saturated carbocycles. The van der Waals surface area contributed by atoms with Gasteiger partial charge in [-0.3, -0.25) is 4.55 Å². The lowest BCUT2D eigenvalue weighted by atomic mass is 10.0. The number of halogens is 1. The van der Waals surface area contributed by atoms with E-state index in [1.54, 1.807) is 6.92 Å². The van der Waals surface area contributed by atoms with Gasteiger partial charge in [0.1, 0.15) is 0 Å². The topological polar surface area (TPSA) is 54.4 Å². The summed E-state index contributed by atoms with van der Waals surface area (Å²) < 4.78 is 30.9. The molecule has 1 aromatic rings. The molecule has 0 spiro atoms. The molecule has 0 heterocycles. The first-order valence-electron chi connectivity index (χ1n) is 4.56. The van der Waals surface area contributed by atoms with Gasteiger partial charge in [0.05, 0.1) is 5.75 Å². The lowest BCUT2D eigenvalue weighted by molar-refractivity contribution is 0.469. The third-order valence-corrected chi connectivity index (χ3v) is 3.51. The largest absolute Gasteiger partial charge is 0.286 e. The average molecular weight is 293 g/mol. The third kappa shape index (κ3) is 5.30. The molecule has 1 unspecified atom stereocenters. The molecular weight excluding hydrogens is 280 g/mol. The van der Waals surface area contributed by atoms with Crippen molar-refractivity contribution >= 4 is 26.0 Å². The van der Waals surface area contributed by atoms with Crippen molar-refractivity contribution in [2.75, 3.05) is 5.75 Å². The minimum absolute atomic E-state index is 0.0822. The molecule has 0 fully saturated rings. The van der Waals surface area contributed by atoms with Crippen LogP contribution < -0.4 is 0 Å². The van der Waals surface area contributed by atoms with E-state index in [1.165, 1.54) is 0 Å². The predicted molar refractivity (Wildman–Crippen MR) is 63.4 cm³/mol. The van der Waals surface area contributed by atoms with E-state index in [4.69, 9.17) is 4.55 Å². The Bertz CT molecular complexity index is 411. The lowest BCUT2D eigenvalue weighted by Crippen LogP contribution is -2.14. The van der Waals surface area contributed by atoms with E-state index in [0.717, 1.165) is 10.0 Å². The highest BCUT2D eigenvalue weighted by molar-refractivity contribution is 9.10. The van der Waals surface area contributed by atoms with Crippen molar-refractivity contribution in [2.45, 2.75) is 13.3 Å². The Labute approximate surface area is 98.4 Å². The molecule has 0 aliphatic carbocycles. The highest BCUT2D eigenvalue weighted by Gasteiger charge is 2.12. The van der Waals surface area contributed by atoms with Crippen molar-refractivity contribution in [1.82, 2.24) is 0 Å². The Balaban J connectivity index is 2.59. The molecule has 0 radical (unpaired) electrons. The summed E-state index contributed by atoms with van der Waals surface area (Å²) >= 11 is 3.32. The van der Waals surface area contributed by atoms with Gasteiger partial charge in [0.2, 0.25) is 0 Å². The molecule has 1 atom stereocenters. The van der Waals surface area contributed by atoms with Gasteiger partial charge in [-0.25, -0.2) is 0 Å². The summed E-state index contributed by atoms with van der Waals surface area (Å²) in [4.78, 5) is 0. The Morgan fingerprint density at radius 1 is 1.33 bits per heavy atom. The van der Waals surface area contributed by atoms with Crippen LogP contribution in [0, 0.1) is 5.92 Å². The zero-order valence-corrected chi connectivity index (χ0v) is 10.8. The molecule has 5 heteroatoms. The molecule has 1 aromatic carbocycles. The molecule has 1 rings (SSSR count). The van der Waals surface area contributed by atoms with Crippen LogP contribution in [0.15, 0.2) is 28.7 Å². The van der Waals surface area contributed by atoms with E-state index in [-0.39, 0.29) is 11.7 Å². The molecule has 0 aliphatic heterocycles. The molecule has 84 valence electrons. The van der Waals surface area contributed by atoms with Gasteiger partial charge in [-0.05, 0) is 30.0 Å². The lowest BCUT2D eigenvalue weighted by Gasteiger charge is -2.09. The van der Waals surface area contributed by atoms with Gasteiger partial charge in [-0.1, -0.05) is 35.0 Å². The molecular formula is C10H13BrO3S. The van der Waals surface area contributed by atoms with Gasteiger partial charge in [0.25, 0.3) is 10.1 Å². The van der Waals surface area contributed by atoms with Crippen molar-refractivity contribution in [3.8, 4) is 0 Å². The molecule has 15 heavy (non-hydrogen) atoms. The molecule has 0 amide bonds. The third-order valence-electron chi connectivity index (χ3n) is 1.99. The summed E-state index contributed by atoms with van der Waals surface area (Å²) in [5.74, 6) is -0.274. The molecule has 0 bridgehead atoms. The van der Waals surface area contributed by atoms with Gasteiger partial charge in [0, 0.05) is 4.47 Å². The molecule has 0 aromatic heterocycles. The van der Waals surface area contributed by atoms with E-state index < -0.39 is 10.1 Å². The van der Waals surface area contributed by atoms with Crippen LogP contribution in [-0.4, -0.2) is 18.7 Å². The Hall–Kier alpha value is -0.390. The Kier molecular flexibility index (Phi) is 4.31. The minimum Gasteiger partial charge on any atom is -0.286 e. The molecule has 0 saturated heterocycles. The van der Waals surface area contributed by atoms with Crippen LogP contribution in [0.2, 0.25) is 0 Å². The summed E-state index contributed by atoms with van der Waals surface area (Å²) in [5.41, 5.74) is 1.06. The highest BCUT2D eigenvalue weighted by Crippen LogP contribution is 2.14. The van der Waals surface area contributed by atoms with Crippen LogP contribution in [0.4, 0.5) is 0 Å². The summed E-state index contributed by atoms with van der Waals surface area (Å²) in [6.45, 7) is 1.80. The first kappa shape index (κ1) is 12.7. The zero-order valence-electron chi connectivity index (χ0n) is 8.35. The number of rotatable bonds is 4. The van der Waals surface area contributed by atoms with Gasteiger partial charge in [-0.15, -0.1) is 0 Å². The maximum Gasteiger partial charge on any atom is 0.265 e. The van der Waals surface area contributed by atoms with Crippen molar-refractivity contribution < 1.29 is 13.0 Å². The minimum atomic E-state index is -3.86. The second kappa shape index (κ2) is 5.09. The predicted octanol–water partition coefficient (Wildman–Crippen LogP) is 2.52. The number of hydrogen-bond acceptors (Lipinski definition) is 2. The Morgan fingerprint density at radius 2 is 1.87 bits per heavy atom. The van der Waals surface area contributed by atoms with Crippen molar-refractivity contribution in [2.24, 2.45) is 5.92 Å². The average Bonchev–Trinajstić information content (AvgIpc) is 2.05. The fraction of sp³-hybridized carbons (Fsp3) is 0.400. The van der Waals surface area contributed by atoms with Crippen molar-refractivity contribution in [1.29, 1.82) is 0 Å². The monoisotopic (exact) mass is 292 g/mol. The maximum atomic E-state index is 10.6. The van der Waals surface area contributed by atoms with Crippen molar-refractivity contribution in [3.63, 3.8) is 0 Å². The van der Waals surface area contributed by atoms with Crippen LogP contribution in [0.3, 0.4) is 0 Å². The quantitative estimate of drug-likeness (QED) is 0.868. The number of benzene rings is 1. The molecule has 0 aliphatic rings. The van der Waals surface area contributed by atoms with E-state index in [0.29, 0.717) is 6.42 Å². The summed E-state index contributed by atoms with van der Waals surface area (Å²) in [5, 5.41) is 0. The maximum absolute atomic E-state index is 10.6. The van der Waals surface area contributed by atoms with Crippen LogP contribution in [-0.2, 0) is 16.5 Å². The summed E-state index contributed by atoms with van der Waals surface area (Å²) in [6.07, 6.45) is 0.646. The summed E-state index contributed by atoms with van der Waals surface area (Å²) in [7, 11) is -3.86. The molecule has 1 N–H and O–H groups in total. The van der Waals surface area contributed by atoms with Gasteiger partial charge < -0.3 is 0 Å². The van der Waals surface area contributed by atoms with Crippen LogP contribution in [0.25, 0.3) is 0 Å². The second-order valence-corrected chi connectivity index (χ2v) is 6.10. The smallest absolute Gasteiger partial charge is 0.265 e. The van der Waals surface area contributed by atoms with Crippen LogP contribution in [0.5, 0.6) is 0 Å². The normalized spacial score (nSPS) is 13.8. The van der Waals surface area contributed by atoms with E-state index in [2.05, 4.69) is 15.9 Å². The Morgan fingerprint density at radius 3 is 2.33 bits per heavy atom. The highest BCUT2D eigenvalue weighted by atomic mass is 79.9. The SMILES string of the molecule is CC(Cc1ccc(Br)cc1)CS(=O)(=O)O. The summed E-state index contributed by atoms with van der Waals surface area (Å²) in [6, 6.07) is 7.69. The first-order valence-corrected chi connectivity index (χ1v) is 6.96. The van der Waals surface area contributed by atoms with Gasteiger partial charge in [-0.2, -0.15) is 8.42 Å². The van der Waals surface area contributed by atoms with Gasteiger partial charge in [0.15, 0.2) is 0 Å². The fourth-order valence-electron chi connectivity index (χ4n) is 1.44. The fourth-order valence-corrected chi connectivity index (χ4v) is 2.54.